The molecule has 0 spiro atoms. The van der Waals surface area contributed by atoms with Gasteiger partial charge in [0.25, 0.3) is 0 Å². The summed E-state index contributed by atoms with van der Waals surface area (Å²) >= 11 is 0. The van der Waals surface area contributed by atoms with Crippen LogP contribution in [-0.2, 0) is 13.2 Å². The Morgan fingerprint density at radius 2 is 1.95 bits per heavy atom. The van der Waals surface area contributed by atoms with E-state index in [1.807, 2.05) is 43.1 Å². The van der Waals surface area contributed by atoms with Crippen molar-refractivity contribution < 1.29 is 9.84 Å². The molecule has 1 aromatic carbocycles. The molecule has 0 fully saturated rings. The molecule has 2 rings (SSSR count). The van der Waals surface area contributed by atoms with Crippen LogP contribution < -0.4 is 9.64 Å². The van der Waals surface area contributed by atoms with Crippen molar-refractivity contribution in [2.24, 2.45) is 0 Å². The minimum Gasteiger partial charge on any atom is -0.497 e. The number of methoxy groups -OCH3 is 1. The van der Waals surface area contributed by atoms with Crippen molar-refractivity contribution in [3.05, 3.63) is 47.3 Å². The van der Waals surface area contributed by atoms with Gasteiger partial charge >= 0.3 is 0 Å². The fourth-order valence-electron chi connectivity index (χ4n) is 1.89. The molecule has 5 nitrogen and oxygen atoms in total. The number of anilines is 1. The number of nitrogens with zero attached hydrogens (tertiary/aromatic N) is 3. The van der Waals surface area contributed by atoms with Gasteiger partial charge in [-0.15, -0.1) is 0 Å². The van der Waals surface area contributed by atoms with Gasteiger partial charge in [-0.2, -0.15) is 0 Å². The fraction of sp³-hybridized carbons (Fsp3) is 0.333. The van der Waals surface area contributed by atoms with E-state index >= 15 is 0 Å². The SMILES string of the molecule is COc1ccc(CN(C)c2ncc(CO)c(C)n2)cc1. The van der Waals surface area contributed by atoms with Gasteiger partial charge in [0.2, 0.25) is 5.95 Å². The van der Waals surface area contributed by atoms with Gasteiger partial charge in [-0.1, -0.05) is 12.1 Å². The highest BCUT2D eigenvalue weighted by Gasteiger charge is 2.08. The van der Waals surface area contributed by atoms with Crippen molar-refractivity contribution in [3.63, 3.8) is 0 Å². The predicted molar refractivity (Wildman–Crippen MR) is 77.8 cm³/mol. The molecule has 0 aliphatic rings. The fourth-order valence-corrected chi connectivity index (χ4v) is 1.89. The highest BCUT2D eigenvalue weighted by molar-refractivity contribution is 5.35. The van der Waals surface area contributed by atoms with Crippen molar-refractivity contribution in [2.45, 2.75) is 20.1 Å². The summed E-state index contributed by atoms with van der Waals surface area (Å²) in [5.41, 5.74) is 2.71. The second kappa shape index (κ2) is 6.34. The molecule has 0 aliphatic heterocycles. The second-order valence-corrected chi connectivity index (χ2v) is 4.64. The molecule has 0 saturated heterocycles. The number of aryl methyl sites for hydroxylation is 1. The van der Waals surface area contributed by atoms with Crippen molar-refractivity contribution >= 4 is 5.95 Å². The Morgan fingerprint density at radius 3 is 2.50 bits per heavy atom. The zero-order valence-corrected chi connectivity index (χ0v) is 12.0. The van der Waals surface area contributed by atoms with Gasteiger partial charge in [-0.3, -0.25) is 0 Å². The molecule has 0 saturated carbocycles. The molecule has 0 aliphatic carbocycles. The lowest BCUT2D eigenvalue weighted by Gasteiger charge is -2.18. The predicted octanol–water partition coefficient (Wildman–Crippen LogP) is 1.92. The topological polar surface area (TPSA) is 58.5 Å². The largest absolute Gasteiger partial charge is 0.497 e. The summed E-state index contributed by atoms with van der Waals surface area (Å²) in [6.45, 7) is 2.55. The van der Waals surface area contributed by atoms with Crippen LogP contribution in [-0.4, -0.2) is 29.2 Å². The first kappa shape index (κ1) is 14.3. The van der Waals surface area contributed by atoms with E-state index in [-0.39, 0.29) is 6.61 Å². The number of hydrogen-bond donors (Lipinski definition) is 1. The molecule has 0 amide bonds. The molecule has 1 heterocycles. The summed E-state index contributed by atoms with van der Waals surface area (Å²) < 4.78 is 5.14. The molecule has 2 aromatic rings. The standard InChI is InChI=1S/C15H19N3O2/c1-11-13(10-19)8-16-15(17-11)18(2)9-12-4-6-14(20-3)7-5-12/h4-8,19H,9-10H2,1-3H3. The summed E-state index contributed by atoms with van der Waals surface area (Å²) in [5, 5.41) is 9.13. The Bertz CT molecular complexity index is 570. The van der Waals surface area contributed by atoms with Crippen molar-refractivity contribution in [3.8, 4) is 5.75 Å². The molecule has 1 aromatic heterocycles. The molecule has 0 atom stereocenters. The van der Waals surface area contributed by atoms with E-state index in [9.17, 15) is 0 Å². The molecular weight excluding hydrogens is 254 g/mol. The first-order valence-electron chi connectivity index (χ1n) is 6.41. The number of aliphatic hydroxyl groups excluding tert-OH is 1. The van der Waals surface area contributed by atoms with Crippen molar-refractivity contribution in [1.29, 1.82) is 0 Å². The quantitative estimate of drug-likeness (QED) is 0.902. The highest BCUT2D eigenvalue weighted by Crippen LogP contribution is 2.15. The maximum atomic E-state index is 9.13. The van der Waals surface area contributed by atoms with E-state index < -0.39 is 0 Å². The average Bonchev–Trinajstić information content (AvgIpc) is 2.48. The van der Waals surface area contributed by atoms with Crippen LogP contribution >= 0.6 is 0 Å². The second-order valence-electron chi connectivity index (χ2n) is 4.64. The van der Waals surface area contributed by atoms with E-state index in [1.54, 1.807) is 13.3 Å². The maximum absolute atomic E-state index is 9.13. The van der Waals surface area contributed by atoms with Crippen LogP contribution in [0.15, 0.2) is 30.5 Å². The number of benzene rings is 1. The number of ether oxygens (including phenoxy) is 1. The first-order chi connectivity index (χ1) is 9.63. The van der Waals surface area contributed by atoms with E-state index in [4.69, 9.17) is 9.84 Å². The number of aromatic nitrogens is 2. The van der Waals surface area contributed by atoms with Crippen molar-refractivity contribution in [2.75, 3.05) is 19.1 Å². The first-order valence-corrected chi connectivity index (χ1v) is 6.41. The van der Waals surface area contributed by atoms with Gasteiger partial charge in [-0.25, -0.2) is 9.97 Å². The lowest BCUT2D eigenvalue weighted by atomic mass is 10.2. The van der Waals surface area contributed by atoms with Gasteiger partial charge in [0, 0.05) is 31.0 Å². The molecule has 0 bridgehead atoms. The maximum Gasteiger partial charge on any atom is 0.225 e. The summed E-state index contributed by atoms with van der Waals surface area (Å²) in [5.74, 6) is 1.49. The van der Waals surface area contributed by atoms with Crippen LogP contribution in [0.2, 0.25) is 0 Å². The highest BCUT2D eigenvalue weighted by atomic mass is 16.5. The smallest absolute Gasteiger partial charge is 0.225 e. The Morgan fingerprint density at radius 1 is 1.25 bits per heavy atom. The molecule has 0 radical (unpaired) electrons. The van der Waals surface area contributed by atoms with Crippen LogP contribution in [0.3, 0.4) is 0 Å². The summed E-state index contributed by atoms with van der Waals surface area (Å²) in [6, 6.07) is 7.91. The minimum absolute atomic E-state index is 0.0334. The summed E-state index contributed by atoms with van der Waals surface area (Å²) in [7, 11) is 3.60. The lowest BCUT2D eigenvalue weighted by molar-refractivity contribution is 0.280. The Hall–Kier alpha value is -2.14. The molecule has 0 unspecified atom stereocenters. The van der Waals surface area contributed by atoms with Crippen LogP contribution in [0.1, 0.15) is 16.8 Å². The number of aliphatic hydroxyl groups is 1. The van der Waals surface area contributed by atoms with Gasteiger partial charge < -0.3 is 14.7 Å². The van der Waals surface area contributed by atoms with E-state index in [2.05, 4.69) is 9.97 Å². The zero-order chi connectivity index (χ0) is 14.5. The van der Waals surface area contributed by atoms with Gasteiger partial charge in [0.05, 0.1) is 13.7 Å². The Kier molecular flexibility index (Phi) is 4.53. The van der Waals surface area contributed by atoms with Crippen LogP contribution in [0.25, 0.3) is 0 Å². The number of hydrogen-bond acceptors (Lipinski definition) is 5. The Balaban J connectivity index is 2.10. The monoisotopic (exact) mass is 273 g/mol. The molecule has 20 heavy (non-hydrogen) atoms. The van der Waals surface area contributed by atoms with E-state index in [0.717, 1.165) is 22.6 Å². The average molecular weight is 273 g/mol. The molecule has 106 valence electrons. The van der Waals surface area contributed by atoms with Gasteiger partial charge in [0.15, 0.2) is 0 Å². The summed E-state index contributed by atoms with van der Waals surface area (Å²) in [4.78, 5) is 10.6. The third kappa shape index (κ3) is 3.24. The van der Waals surface area contributed by atoms with Gasteiger partial charge in [-0.05, 0) is 24.6 Å². The third-order valence-corrected chi connectivity index (χ3v) is 3.16. The van der Waals surface area contributed by atoms with Crippen LogP contribution in [0.5, 0.6) is 5.75 Å². The lowest BCUT2D eigenvalue weighted by Crippen LogP contribution is -2.19. The third-order valence-electron chi connectivity index (χ3n) is 3.16. The molecular formula is C15H19N3O2. The normalized spacial score (nSPS) is 10.4. The van der Waals surface area contributed by atoms with Crippen LogP contribution in [0.4, 0.5) is 5.95 Å². The molecule has 1 N–H and O–H groups in total. The number of rotatable bonds is 5. The summed E-state index contributed by atoms with van der Waals surface area (Å²) in [6.07, 6.45) is 1.67. The van der Waals surface area contributed by atoms with E-state index in [0.29, 0.717) is 12.5 Å². The molecule has 5 heteroatoms. The van der Waals surface area contributed by atoms with E-state index in [1.165, 1.54) is 0 Å². The Labute approximate surface area is 118 Å². The van der Waals surface area contributed by atoms with Gasteiger partial charge in [0.1, 0.15) is 5.75 Å². The zero-order valence-electron chi connectivity index (χ0n) is 12.0. The van der Waals surface area contributed by atoms with Crippen LogP contribution in [0, 0.1) is 6.92 Å². The minimum atomic E-state index is -0.0334. The van der Waals surface area contributed by atoms with Crippen molar-refractivity contribution in [1.82, 2.24) is 9.97 Å².